The molecule has 0 bridgehead atoms. The van der Waals surface area contributed by atoms with Crippen molar-refractivity contribution in [1.82, 2.24) is 4.72 Å². The molecule has 9 heteroatoms. The van der Waals surface area contributed by atoms with Gasteiger partial charge >= 0.3 is 0 Å². The van der Waals surface area contributed by atoms with Crippen LogP contribution in [0.5, 0.6) is 0 Å². The predicted octanol–water partition coefficient (Wildman–Crippen LogP) is 0.241. The molecule has 0 saturated heterocycles. The molecule has 114 valence electrons. The molecular formula is C11H17F2N3O3S. The lowest BCUT2D eigenvalue weighted by atomic mass is 10.2. The quantitative estimate of drug-likeness (QED) is 0.627. The molecule has 0 aromatic heterocycles. The number of anilines is 2. The van der Waals surface area contributed by atoms with Crippen LogP contribution in [0.1, 0.15) is 0 Å². The molecule has 0 fully saturated rings. The number of hydrogen-bond acceptors (Lipinski definition) is 5. The van der Waals surface area contributed by atoms with E-state index in [0.717, 1.165) is 4.90 Å². The summed E-state index contributed by atoms with van der Waals surface area (Å²) < 4.78 is 51.1. The third-order valence-corrected chi connectivity index (χ3v) is 4.05. The van der Waals surface area contributed by atoms with Crippen LogP contribution in [0.15, 0.2) is 23.1 Å². The Bertz CT molecular complexity index is 552. The van der Waals surface area contributed by atoms with Crippen molar-refractivity contribution in [3.63, 3.8) is 0 Å². The number of rotatable bonds is 7. The van der Waals surface area contributed by atoms with Crippen LogP contribution in [0.4, 0.5) is 20.2 Å². The van der Waals surface area contributed by atoms with Gasteiger partial charge in [-0.1, -0.05) is 0 Å². The first-order valence-corrected chi connectivity index (χ1v) is 7.27. The van der Waals surface area contributed by atoms with Crippen LogP contribution < -0.4 is 15.4 Å². The fourth-order valence-electron chi connectivity index (χ4n) is 1.71. The minimum Gasteiger partial charge on any atom is -0.399 e. The molecule has 0 unspecified atom stereocenters. The van der Waals surface area contributed by atoms with E-state index in [1.54, 1.807) is 0 Å². The Kier molecular flexibility index (Phi) is 5.66. The van der Waals surface area contributed by atoms with Crippen molar-refractivity contribution in [1.29, 1.82) is 0 Å². The van der Waals surface area contributed by atoms with Gasteiger partial charge in [-0.05, 0) is 25.2 Å². The maximum Gasteiger partial charge on any atom is 0.255 e. The molecule has 0 amide bonds. The van der Waals surface area contributed by atoms with Crippen molar-refractivity contribution in [2.45, 2.75) is 11.3 Å². The Morgan fingerprint density at radius 1 is 1.45 bits per heavy atom. The lowest BCUT2D eigenvalue weighted by Gasteiger charge is -2.26. The maximum atomic E-state index is 12.6. The van der Waals surface area contributed by atoms with Crippen LogP contribution in [0.3, 0.4) is 0 Å². The third kappa shape index (κ3) is 4.02. The molecule has 0 aliphatic heterocycles. The fraction of sp³-hybridized carbons (Fsp3) is 0.455. The van der Waals surface area contributed by atoms with E-state index in [1.807, 2.05) is 0 Å². The second-order valence-corrected chi connectivity index (χ2v) is 5.85. The molecule has 0 aliphatic rings. The normalized spacial score (nSPS) is 11.8. The number of aliphatic hydroxyl groups excluding tert-OH is 1. The van der Waals surface area contributed by atoms with E-state index in [0.29, 0.717) is 0 Å². The standard InChI is InChI=1S/C11H17F2N3O3S/c1-15-20(18,19)10-6-8(14)2-3-9(10)16(4-5-17)7-11(12)13/h2-3,6,11,15,17H,4-5,7,14H2,1H3. The second kappa shape index (κ2) is 6.82. The SMILES string of the molecule is CNS(=O)(=O)c1cc(N)ccc1N(CCO)CC(F)F. The first-order valence-electron chi connectivity index (χ1n) is 5.79. The van der Waals surface area contributed by atoms with Crippen LogP contribution in [0.25, 0.3) is 0 Å². The van der Waals surface area contributed by atoms with Gasteiger partial charge in [0, 0.05) is 12.2 Å². The van der Waals surface area contributed by atoms with Crippen LogP contribution in [0.2, 0.25) is 0 Å². The number of nitrogens with zero attached hydrogens (tertiary/aromatic N) is 1. The highest BCUT2D eigenvalue weighted by molar-refractivity contribution is 7.89. The summed E-state index contributed by atoms with van der Waals surface area (Å²) in [5.41, 5.74) is 5.82. The largest absolute Gasteiger partial charge is 0.399 e. The smallest absolute Gasteiger partial charge is 0.255 e. The third-order valence-electron chi connectivity index (χ3n) is 2.61. The van der Waals surface area contributed by atoms with Gasteiger partial charge in [0.25, 0.3) is 6.43 Å². The van der Waals surface area contributed by atoms with E-state index in [9.17, 15) is 17.2 Å². The van der Waals surface area contributed by atoms with Gasteiger partial charge in [0.2, 0.25) is 10.0 Å². The number of nitrogens with two attached hydrogens (primary N) is 1. The van der Waals surface area contributed by atoms with Gasteiger partial charge < -0.3 is 15.7 Å². The molecule has 4 N–H and O–H groups in total. The van der Waals surface area contributed by atoms with E-state index in [1.165, 1.54) is 25.2 Å². The summed E-state index contributed by atoms with van der Waals surface area (Å²) in [6.45, 7) is -1.17. The van der Waals surface area contributed by atoms with Gasteiger partial charge in [0.05, 0.1) is 18.8 Å². The van der Waals surface area contributed by atoms with E-state index >= 15 is 0 Å². The molecule has 0 aliphatic carbocycles. The average Bonchev–Trinajstić information content (AvgIpc) is 2.37. The summed E-state index contributed by atoms with van der Waals surface area (Å²) in [4.78, 5) is 0.906. The minimum absolute atomic E-state index is 0.0721. The van der Waals surface area contributed by atoms with Gasteiger partial charge in [-0.25, -0.2) is 21.9 Å². The Morgan fingerprint density at radius 3 is 2.60 bits per heavy atom. The summed E-state index contributed by atoms with van der Waals surface area (Å²) in [5.74, 6) is 0. The summed E-state index contributed by atoms with van der Waals surface area (Å²) >= 11 is 0. The summed E-state index contributed by atoms with van der Waals surface area (Å²) in [7, 11) is -2.63. The summed E-state index contributed by atoms with van der Waals surface area (Å²) in [5, 5.41) is 8.94. The molecule has 0 spiro atoms. The maximum absolute atomic E-state index is 12.6. The van der Waals surface area contributed by atoms with Crippen molar-refractivity contribution in [2.24, 2.45) is 0 Å². The van der Waals surface area contributed by atoms with Gasteiger partial charge in [0.1, 0.15) is 4.90 Å². The number of hydrogen-bond donors (Lipinski definition) is 3. The highest BCUT2D eigenvalue weighted by Crippen LogP contribution is 2.27. The zero-order chi connectivity index (χ0) is 15.3. The van der Waals surface area contributed by atoms with E-state index < -0.39 is 23.0 Å². The van der Waals surface area contributed by atoms with Crippen molar-refractivity contribution in [2.75, 3.05) is 37.4 Å². The Morgan fingerprint density at radius 2 is 2.10 bits per heavy atom. The second-order valence-electron chi connectivity index (χ2n) is 4.00. The number of nitrogen functional groups attached to an aromatic ring is 1. The fourth-order valence-corrected chi connectivity index (χ4v) is 2.70. The van der Waals surface area contributed by atoms with E-state index in [2.05, 4.69) is 4.72 Å². The molecule has 1 aromatic carbocycles. The number of aliphatic hydroxyl groups is 1. The van der Waals surface area contributed by atoms with Crippen LogP contribution in [-0.4, -0.2) is 46.7 Å². The zero-order valence-corrected chi connectivity index (χ0v) is 11.7. The highest BCUT2D eigenvalue weighted by Gasteiger charge is 2.22. The molecule has 0 atom stereocenters. The van der Waals surface area contributed by atoms with Crippen molar-refractivity contribution in [3.8, 4) is 0 Å². The highest BCUT2D eigenvalue weighted by atomic mass is 32.2. The number of alkyl halides is 2. The molecule has 1 aromatic rings. The lowest BCUT2D eigenvalue weighted by Crippen LogP contribution is -2.33. The molecule has 0 saturated carbocycles. The molecule has 20 heavy (non-hydrogen) atoms. The van der Waals surface area contributed by atoms with Crippen LogP contribution in [-0.2, 0) is 10.0 Å². The molecule has 0 heterocycles. The Balaban J connectivity index is 3.34. The van der Waals surface area contributed by atoms with Gasteiger partial charge in [0.15, 0.2) is 0 Å². The molecule has 0 radical (unpaired) electrons. The van der Waals surface area contributed by atoms with E-state index in [4.69, 9.17) is 10.8 Å². The van der Waals surface area contributed by atoms with Crippen LogP contribution in [0, 0.1) is 0 Å². The summed E-state index contributed by atoms with van der Waals surface area (Å²) in [6.07, 6.45) is -2.66. The van der Waals surface area contributed by atoms with Crippen molar-refractivity contribution in [3.05, 3.63) is 18.2 Å². The number of benzene rings is 1. The lowest BCUT2D eigenvalue weighted by molar-refractivity contribution is 0.152. The topological polar surface area (TPSA) is 95.7 Å². The molecular weight excluding hydrogens is 292 g/mol. The average molecular weight is 309 g/mol. The number of sulfonamides is 1. The first-order chi connectivity index (χ1) is 9.31. The number of nitrogens with one attached hydrogen (secondary N) is 1. The van der Waals surface area contributed by atoms with Crippen molar-refractivity contribution < 1.29 is 22.3 Å². The van der Waals surface area contributed by atoms with Gasteiger partial charge in [-0.15, -0.1) is 0 Å². The molecule has 1 rings (SSSR count). The van der Waals surface area contributed by atoms with Gasteiger partial charge in [-0.2, -0.15) is 0 Å². The number of halogens is 2. The zero-order valence-electron chi connectivity index (χ0n) is 10.9. The predicted molar refractivity (Wildman–Crippen MR) is 72.4 cm³/mol. The van der Waals surface area contributed by atoms with Gasteiger partial charge in [-0.3, -0.25) is 0 Å². The van der Waals surface area contributed by atoms with Crippen LogP contribution >= 0.6 is 0 Å². The Hall–Kier alpha value is -1.45. The summed E-state index contributed by atoms with van der Waals surface area (Å²) in [6, 6.07) is 3.95. The first kappa shape index (κ1) is 16.6. The Labute approximate surface area is 116 Å². The monoisotopic (exact) mass is 309 g/mol. The minimum atomic E-state index is -3.85. The molecule has 6 nitrogen and oxygen atoms in total. The van der Waals surface area contributed by atoms with E-state index in [-0.39, 0.29) is 29.4 Å². The van der Waals surface area contributed by atoms with Crippen molar-refractivity contribution >= 4 is 21.4 Å².